The summed E-state index contributed by atoms with van der Waals surface area (Å²) in [6, 6.07) is 0. The Hall–Kier alpha value is -1.54. The van der Waals surface area contributed by atoms with Gasteiger partial charge in [0.1, 0.15) is 31.0 Å². The van der Waals surface area contributed by atoms with E-state index in [0.717, 1.165) is 6.92 Å². The highest BCUT2D eigenvalue weighted by Crippen LogP contribution is 2.43. The molecular formula is C30H48O16. The highest BCUT2D eigenvalue weighted by Gasteiger charge is 2.54. The molecule has 0 spiro atoms. The Morgan fingerprint density at radius 3 is 2.07 bits per heavy atom. The zero-order chi connectivity index (χ0) is 33.4. The van der Waals surface area contributed by atoms with E-state index in [1.54, 1.807) is 0 Å². The zero-order valence-electron chi connectivity index (χ0n) is 25.6. The Balaban J connectivity index is 1.40. The number of carbonyl (C=O) groups is 2. The summed E-state index contributed by atoms with van der Waals surface area (Å²) in [5.41, 5.74) is 0. The molecule has 16 unspecified atom stereocenters. The highest BCUT2D eigenvalue weighted by atomic mass is 16.7. The molecule has 0 aromatic rings. The number of carbonyl (C=O) groups excluding carboxylic acids is 2. The zero-order valence-corrected chi connectivity index (χ0v) is 25.6. The molecule has 0 radical (unpaired) electrons. The van der Waals surface area contributed by atoms with Gasteiger partial charge in [-0.15, -0.1) is 0 Å². The number of aliphatic hydroxyl groups excluding tert-OH is 9. The molecule has 3 saturated carbocycles. The summed E-state index contributed by atoms with van der Waals surface area (Å²) in [4.78, 5) is 24.8. The van der Waals surface area contributed by atoms with Crippen LogP contribution in [-0.4, -0.2) is 156 Å². The topological polar surface area (TPSA) is 262 Å². The number of fused-ring (bicyclic) bond motifs is 1. The van der Waals surface area contributed by atoms with Crippen molar-refractivity contribution in [1.29, 1.82) is 0 Å². The van der Waals surface area contributed by atoms with Crippen LogP contribution in [0.25, 0.3) is 0 Å². The van der Waals surface area contributed by atoms with Crippen molar-refractivity contribution in [3.05, 3.63) is 0 Å². The molecule has 46 heavy (non-hydrogen) atoms. The maximum absolute atomic E-state index is 13.3. The quantitative estimate of drug-likeness (QED) is 0.120. The molecule has 3 aliphatic carbocycles. The second-order valence-electron chi connectivity index (χ2n) is 13.6. The Labute approximate surface area is 265 Å². The maximum Gasteiger partial charge on any atom is 0.309 e. The first-order chi connectivity index (χ1) is 21.7. The number of ether oxygens (including phenoxy) is 5. The third kappa shape index (κ3) is 7.84. The van der Waals surface area contributed by atoms with Crippen molar-refractivity contribution in [2.45, 2.75) is 150 Å². The van der Waals surface area contributed by atoms with Crippen LogP contribution >= 0.6 is 0 Å². The molecule has 9 N–H and O–H groups in total. The van der Waals surface area contributed by atoms with Crippen molar-refractivity contribution in [1.82, 2.24) is 0 Å². The van der Waals surface area contributed by atoms with Crippen molar-refractivity contribution in [2.75, 3.05) is 6.61 Å². The van der Waals surface area contributed by atoms with E-state index in [2.05, 4.69) is 0 Å². The van der Waals surface area contributed by atoms with Crippen LogP contribution in [0, 0.1) is 17.8 Å². The first-order valence-corrected chi connectivity index (χ1v) is 16.2. The summed E-state index contributed by atoms with van der Waals surface area (Å²) in [6.07, 6.45) is -17.0. The first kappa shape index (κ1) is 35.8. The molecule has 5 aliphatic rings. The Morgan fingerprint density at radius 1 is 0.717 bits per heavy atom. The number of hydrogen-bond acceptors (Lipinski definition) is 16. The van der Waals surface area contributed by atoms with Gasteiger partial charge in [0.25, 0.3) is 0 Å². The molecule has 0 bridgehead atoms. The predicted octanol–water partition coefficient (Wildman–Crippen LogP) is -3.40. The van der Waals surface area contributed by atoms with Gasteiger partial charge in [-0.05, 0) is 57.3 Å². The van der Waals surface area contributed by atoms with Gasteiger partial charge in [0, 0.05) is 12.8 Å². The second kappa shape index (κ2) is 14.9. The van der Waals surface area contributed by atoms with Crippen molar-refractivity contribution in [3.63, 3.8) is 0 Å². The van der Waals surface area contributed by atoms with Crippen molar-refractivity contribution in [3.8, 4) is 0 Å². The lowest BCUT2D eigenvalue weighted by Crippen LogP contribution is -2.63. The van der Waals surface area contributed by atoms with Crippen molar-refractivity contribution >= 4 is 11.9 Å². The summed E-state index contributed by atoms with van der Waals surface area (Å²) in [5.74, 6) is -3.48. The molecule has 16 atom stereocenters. The van der Waals surface area contributed by atoms with Gasteiger partial charge in [0.05, 0.1) is 60.9 Å². The molecule has 0 aromatic heterocycles. The molecule has 2 heterocycles. The van der Waals surface area contributed by atoms with E-state index in [9.17, 15) is 55.5 Å². The third-order valence-electron chi connectivity index (χ3n) is 10.3. The lowest BCUT2D eigenvalue weighted by Gasteiger charge is -2.51. The standard InChI is InChI=1S/C30H48O16/c1-11(31)42-10-23-25(39)26(40)28(46-29(41)13-5-19(36)24(38)20(37)6-13)30(45-23)44-22-9-15-17(34)7-14(32)8-21(15)43-27(22)12-2-3-16(33)18(35)4-12/h12-28,30,32-40H,2-10H2,1H3. The predicted molar refractivity (Wildman–Crippen MR) is 150 cm³/mol. The average molecular weight is 665 g/mol. The van der Waals surface area contributed by atoms with Gasteiger partial charge in [-0.3, -0.25) is 9.59 Å². The van der Waals surface area contributed by atoms with Crippen LogP contribution in [0.15, 0.2) is 0 Å². The minimum absolute atomic E-state index is 0.125. The molecule has 16 heteroatoms. The van der Waals surface area contributed by atoms with Gasteiger partial charge in [0.2, 0.25) is 0 Å². The summed E-state index contributed by atoms with van der Waals surface area (Å²) in [6.45, 7) is 0.683. The van der Waals surface area contributed by atoms with Crippen LogP contribution in [-0.2, 0) is 33.3 Å². The van der Waals surface area contributed by atoms with Gasteiger partial charge in [-0.1, -0.05) is 0 Å². The summed E-state index contributed by atoms with van der Waals surface area (Å²) in [7, 11) is 0. The fourth-order valence-corrected chi connectivity index (χ4v) is 7.69. The van der Waals surface area contributed by atoms with Gasteiger partial charge >= 0.3 is 11.9 Å². The van der Waals surface area contributed by atoms with E-state index < -0.39 is 122 Å². The Morgan fingerprint density at radius 2 is 1.41 bits per heavy atom. The van der Waals surface area contributed by atoms with Crippen LogP contribution in [0.4, 0.5) is 0 Å². The molecule has 2 aliphatic heterocycles. The van der Waals surface area contributed by atoms with E-state index in [0.29, 0.717) is 12.8 Å². The Bertz CT molecular complexity index is 1030. The van der Waals surface area contributed by atoms with E-state index in [4.69, 9.17) is 23.7 Å². The van der Waals surface area contributed by atoms with Gasteiger partial charge in [-0.2, -0.15) is 0 Å². The Kier molecular flexibility index (Phi) is 11.6. The highest BCUT2D eigenvalue weighted by molar-refractivity contribution is 5.73. The second-order valence-corrected chi connectivity index (χ2v) is 13.6. The van der Waals surface area contributed by atoms with E-state index in [1.165, 1.54) is 0 Å². The number of aliphatic hydroxyl groups is 9. The molecule has 16 nitrogen and oxygen atoms in total. The first-order valence-electron chi connectivity index (χ1n) is 16.2. The van der Waals surface area contributed by atoms with Crippen LogP contribution in [0.5, 0.6) is 0 Å². The summed E-state index contributed by atoms with van der Waals surface area (Å²) in [5, 5.41) is 93.9. The molecule has 2 saturated heterocycles. The van der Waals surface area contributed by atoms with Crippen molar-refractivity contribution in [2.24, 2.45) is 17.8 Å². The van der Waals surface area contributed by atoms with Gasteiger partial charge in [-0.25, -0.2) is 0 Å². The lowest BCUT2D eigenvalue weighted by atomic mass is 9.72. The normalized spacial score (nSPS) is 49.9. The van der Waals surface area contributed by atoms with E-state index in [-0.39, 0.29) is 44.4 Å². The van der Waals surface area contributed by atoms with E-state index in [1.807, 2.05) is 0 Å². The number of esters is 2. The van der Waals surface area contributed by atoms with Crippen LogP contribution < -0.4 is 0 Å². The summed E-state index contributed by atoms with van der Waals surface area (Å²) < 4.78 is 29.4. The fourth-order valence-electron chi connectivity index (χ4n) is 7.69. The number of hydrogen-bond donors (Lipinski definition) is 9. The van der Waals surface area contributed by atoms with E-state index >= 15 is 0 Å². The van der Waals surface area contributed by atoms with Crippen LogP contribution in [0.3, 0.4) is 0 Å². The fraction of sp³-hybridized carbons (Fsp3) is 0.933. The average Bonchev–Trinajstić information content (AvgIpc) is 2.99. The molecular weight excluding hydrogens is 616 g/mol. The molecule has 5 fully saturated rings. The molecule has 264 valence electrons. The smallest absolute Gasteiger partial charge is 0.309 e. The molecule has 5 rings (SSSR count). The van der Waals surface area contributed by atoms with Gasteiger partial charge < -0.3 is 69.6 Å². The van der Waals surface area contributed by atoms with Gasteiger partial charge in [0.15, 0.2) is 12.4 Å². The minimum Gasteiger partial charge on any atom is -0.463 e. The molecule has 0 aromatic carbocycles. The SMILES string of the molecule is CC(=O)OCC1OC(OC2CC3C(O)CC(O)CC3OC2C2CCC(O)C(O)C2)C(OC(=O)C2CC(O)C(O)C(O)C2)C(O)C1O. The third-order valence-corrected chi connectivity index (χ3v) is 10.3. The van der Waals surface area contributed by atoms with Crippen LogP contribution in [0.2, 0.25) is 0 Å². The van der Waals surface area contributed by atoms with Crippen molar-refractivity contribution < 1.29 is 79.2 Å². The lowest BCUT2D eigenvalue weighted by molar-refractivity contribution is -0.335. The maximum atomic E-state index is 13.3. The molecule has 0 amide bonds. The van der Waals surface area contributed by atoms with Crippen LogP contribution in [0.1, 0.15) is 58.3 Å². The monoisotopic (exact) mass is 664 g/mol. The number of rotatable bonds is 7. The largest absolute Gasteiger partial charge is 0.463 e. The summed E-state index contributed by atoms with van der Waals surface area (Å²) >= 11 is 0. The minimum atomic E-state index is -1.80.